The van der Waals surface area contributed by atoms with Crippen molar-refractivity contribution in [3.63, 3.8) is 0 Å². The van der Waals surface area contributed by atoms with E-state index in [1.54, 1.807) is 29.1 Å². The zero-order valence-electron chi connectivity index (χ0n) is 19.4. The first-order valence-electron chi connectivity index (χ1n) is 11.5. The van der Waals surface area contributed by atoms with Gasteiger partial charge in [-0.1, -0.05) is 6.07 Å². The van der Waals surface area contributed by atoms with E-state index in [-0.39, 0.29) is 25.3 Å². The van der Waals surface area contributed by atoms with Gasteiger partial charge in [-0.2, -0.15) is 14.7 Å². The molecule has 0 aliphatic carbocycles. The van der Waals surface area contributed by atoms with Gasteiger partial charge in [-0.15, -0.1) is 11.3 Å². The molecule has 3 aromatic heterocycles. The molecule has 2 aliphatic rings. The first kappa shape index (κ1) is 22.8. The summed E-state index contributed by atoms with van der Waals surface area (Å²) >= 11 is 1.55. The number of sulfonamides is 1. The van der Waals surface area contributed by atoms with Gasteiger partial charge >= 0.3 is 0 Å². The van der Waals surface area contributed by atoms with Crippen LogP contribution in [-0.4, -0.2) is 57.5 Å². The van der Waals surface area contributed by atoms with E-state index < -0.39 is 15.6 Å². The average molecular weight is 519 g/mol. The summed E-state index contributed by atoms with van der Waals surface area (Å²) in [7, 11) is -3.32. The lowest BCUT2D eigenvalue weighted by molar-refractivity contribution is 0.0719. The number of aromatic nitrogens is 4. The quantitative estimate of drug-likeness (QED) is 0.396. The highest BCUT2D eigenvalue weighted by molar-refractivity contribution is 7.89. The second-order valence-corrected chi connectivity index (χ2v) is 12.1. The van der Waals surface area contributed by atoms with Gasteiger partial charge in [0, 0.05) is 36.8 Å². The van der Waals surface area contributed by atoms with Gasteiger partial charge in [0.25, 0.3) is 0 Å². The van der Waals surface area contributed by atoms with Crippen LogP contribution in [0.15, 0.2) is 47.0 Å². The Morgan fingerprint density at radius 3 is 2.92 bits per heavy atom. The minimum Gasteiger partial charge on any atom is -0.324 e. The summed E-state index contributed by atoms with van der Waals surface area (Å²) in [5.41, 5.74) is 4.79. The van der Waals surface area contributed by atoms with E-state index in [1.165, 1.54) is 9.87 Å². The molecule has 1 saturated heterocycles. The third-order valence-corrected chi connectivity index (χ3v) is 9.33. The largest absolute Gasteiger partial charge is 0.324 e. The van der Waals surface area contributed by atoms with Crippen molar-refractivity contribution < 1.29 is 8.42 Å². The number of anilines is 2. The van der Waals surface area contributed by atoms with Crippen molar-refractivity contribution >= 4 is 49.4 Å². The fraction of sp³-hybridized carbons (Fsp3) is 0.292. The summed E-state index contributed by atoms with van der Waals surface area (Å²) in [6.07, 6.45) is 5.60. The molecule has 0 spiro atoms. The van der Waals surface area contributed by atoms with Gasteiger partial charge < -0.3 is 5.32 Å². The minimum absolute atomic E-state index is 0.0318. The molecule has 1 N–H and O–H groups in total. The molecule has 0 atom stereocenters. The molecule has 36 heavy (non-hydrogen) atoms. The van der Waals surface area contributed by atoms with Crippen molar-refractivity contribution in [3.05, 3.63) is 53.2 Å². The number of nitrogens with one attached hydrogen (secondary N) is 1. The predicted octanol–water partition coefficient (Wildman–Crippen LogP) is 3.51. The zero-order valence-corrected chi connectivity index (χ0v) is 21.1. The third kappa shape index (κ3) is 3.76. The number of fused-ring (bicyclic) bond motifs is 2. The van der Waals surface area contributed by atoms with Crippen LogP contribution in [0.5, 0.6) is 0 Å². The number of hydrogen-bond acceptors (Lipinski definition) is 9. The Hall–Kier alpha value is -3.66. The predicted molar refractivity (Wildman–Crippen MR) is 139 cm³/mol. The third-order valence-electron chi connectivity index (χ3n) is 6.65. The van der Waals surface area contributed by atoms with Gasteiger partial charge in [-0.3, -0.25) is 9.67 Å². The molecule has 0 saturated carbocycles. The molecule has 6 rings (SSSR count). The zero-order chi connectivity index (χ0) is 24.9. The fourth-order valence-corrected chi connectivity index (χ4v) is 6.68. The lowest BCUT2D eigenvalue weighted by atomic mass is 9.89. The van der Waals surface area contributed by atoms with Crippen molar-refractivity contribution in [2.24, 2.45) is 4.99 Å². The number of rotatable bonds is 7. The summed E-state index contributed by atoms with van der Waals surface area (Å²) in [6.45, 7) is 2.78. The number of thiophene rings is 1. The van der Waals surface area contributed by atoms with Crippen molar-refractivity contribution in [1.29, 1.82) is 5.26 Å². The Labute approximate surface area is 212 Å². The molecular weight excluding hydrogens is 496 g/mol. The Balaban J connectivity index is 1.34. The molecule has 5 heterocycles. The van der Waals surface area contributed by atoms with E-state index in [1.807, 2.05) is 42.1 Å². The Kier molecular flexibility index (Phi) is 5.36. The first-order chi connectivity index (χ1) is 17.4. The van der Waals surface area contributed by atoms with Crippen molar-refractivity contribution in [3.8, 4) is 17.3 Å². The van der Waals surface area contributed by atoms with Crippen LogP contribution >= 0.6 is 11.3 Å². The molecule has 4 aromatic rings. The van der Waals surface area contributed by atoms with Crippen molar-refractivity contribution in [2.75, 3.05) is 24.2 Å². The van der Waals surface area contributed by atoms with Crippen LogP contribution in [0.4, 0.5) is 11.6 Å². The van der Waals surface area contributed by atoms with E-state index in [2.05, 4.69) is 26.5 Å². The van der Waals surface area contributed by atoms with Crippen LogP contribution in [0.2, 0.25) is 0 Å². The van der Waals surface area contributed by atoms with Gasteiger partial charge in [0.1, 0.15) is 5.54 Å². The second-order valence-electron chi connectivity index (χ2n) is 8.94. The van der Waals surface area contributed by atoms with E-state index in [0.29, 0.717) is 12.5 Å². The highest BCUT2D eigenvalue weighted by atomic mass is 32.2. The van der Waals surface area contributed by atoms with Crippen LogP contribution in [-0.2, 0) is 22.1 Å². The molecule has 12 heteroatoms. The maximum absolute atomic E-state index is 12.3. The molecule has 0 unspecified atom stereocenters. The molecule has 1 aromatic carbocycles. The van der Waals surface area contributed by atoms with Crippen LogP contribution in [0.3, 0.4) is 0 Å². The topological polar surface area (TPSA) is 129 Å². The standard InChI is InChI=1S/C24H22N8O2S2/c1-2-36(33,34)31-14-24(15-31,6-7-25)32-13-18(12-27-32)21-22-20(5-8-35-22)29-23(30-21)28-19-4-3-16-10-26-11-17(16)9-19/h3-5,8-9,11-13H,2,6,10,14-15H2,1H3,(H,28,29,30). The SMILES string of the molecule is CCS(=O)(=O)N1CC(CC#N)(n2cc(-c3nc(Nc4ccc5c(c4)C=NC5)nc4ccsc34)cn2)C1. The summed E-state index contributed by atoms with van der Waals surface area (Å²) in [4.78, 5) is 13.8. The summed E-state index contributed by atoms with van der Waals surface area (Å²) in [5.74, 6) is 0.499. The highest BCUT2D eigenvalue weighted by Gasteiger charge is 2.49. The lowest BCUT2D eigenvalue weighted by Crippen LogP contribution is -2.64. The van der Waals surface area contributed by atoms with Crippen molar-refractivity contribution in [1.82, 2.24) is 24.1 Å². The Bertz CT molecular complexity index is 1660. The normalized spacial score (nSPS) is 16.6. The monoisotopic (exact) mass is 518 g/mol. The van der Waals surface area contributed by atoms with Gasteiger partial charge in [-0.25, -0.2) is 18.4 Å². The average Bonchev–Trinajstić information content (AvgIpc) is 3.61. The lowest BCUT2D eigenvalue weighted by Gasteiger charge is -2.47. The fourth-order valence-electron chi connectivity index (χ4n) is 4.60. The smallest absolute Gasteiger partial charge is 0.228 e. The summed E-state index contributed by atoms with van der Waals surface area (Å²) < 4.78 is 28.6. The van der Waals surface area contributed by atoms with E-state index in [9.17, 15) is 13.7 Å². The van der Waals surface area contributed by atoms with Gasteiger partial charge in [0.2, 0.25) is 16.0 Å². The molecule has 1 fully saturated rings. The molecule has 0 amide bonds. The van der Waals surface area contributed by atoms with Crippen LogP contribution in [0.1, 0.15) is 24.5 Å². The maximum Gasteiger partial charge on any atom is 0.228 e. The summed E-state index contributed by atoms with van der Waals surface area (Å²) in [6, 6.07) is 10.2. The molecule has 2 aliphatic heterocycles. The van der Waals surface area contributed by atoms with Gasteiger partial charge in [-0.05, 0) is 41.6 Å². The number of hydrogen-bond donors (Lipinski definition) is 1. The van der Waals surface area contributed by atoms with Crippen LogP contribution in [0, 0.1) is 11.3 Å². The molecular formula is C24H22N8O2S2. The van der Waals surface area contributed by atoms with Gasteiger partial charge in [0.15, 0.2) is 0 Å². The molecule has 10 nitrogen and oxygen atoms in total. The van der Waals surface area contributed by atoms with E-state index >= 15 is 0 Å². The molecule has 0 radical (unpaired) electrons. The van der Waals surface area contributed by atoms with Crippen molar-refractivity contribution in [2.45, 2.75) is 25.4 Å². The second kappa shape index (κ2) is 8.48. The number of benzene rings is 1. The van der Waals surface area contributed by atoms with E-state index in [0.717, 1.165) is 32.7 Å². The van der Waals surface area contributed by atoms with Crippen LogP contribution in [0.25, 0.3) is 21.5 Å². The maximum atomic E-state index is 12.3. The Morgan fingerprint density at radius 1 is 1.25 bits per heavy atom. The molecule has 0 bridgehead atoms. The number of nitriles is 1. The van der Waals surface area contributed by atoms with Crippen LogP contribution < -0.4 is 5.32 Å². The molecule has 182 valence electrons. The number of aliphatic imine (C=N–C) groups is 1. The van der Waals surface area contributed by atoms with Gasteiger partial charge in [0.05, 0.1) is 46.9 Å². The Morgan fingerprint density at radius 2 is 2.11 bits per heavy atom. The number of nitrogens with zero attached hydrogens (tertiary/aromatic N) is 7. The first-order valence-corrected chi connectivity index (χ1v) is 13.9. The van der Waals surface area contributed by atoms with E-state index in [4.69, 9.17) is 4.98 Å². The highest BCUT2D eigenvalue weighted by Crippen LogP contribution is 2.37. The minimum atomic E-state index is -3.32. The summed E-state index contributed by atoms with van der Waals surface area (Å²) in [5, 5.41) is 19.3.